The fraction of sp³-hybridized carbons (Fsp3) is 0.481. The Morgan fingerprint density at radius 1 is 1.06 bits per heavy atom. The van der Waals surface area contributed by atoms with E-state index in [2.05, 4.69) is 30.4 Å². The molecule has 1 fully saturated rings. The molecule has 3 rings (SSSR count). The molecule has 0 aromatic heterocycles. The highest BCUT2D eigenvalue weighted by molar-refractivity contribution is 7.99. The van der Waals surface area contributed by atoms with Crippen molar-refractivity contribution in [3.8, 4) is 0 Å². The first kappa shape index (κ1) is 24.4. The van der Waals surface area contributed by atoms with Gasteiger partial charge in [-0.2, -0.15) is 0 Å². The van der Waals surface area contributed by atoms with Crippen LogP contribution in [-0.2, 0) is 21.9 Å². The number of amides is 2. The van der Waals surface area contributed by atoms with Crippen LogP contribution in [0, 0.1) is 13.8 Å². The summed E-state index contributed by atoms with van der Waals surface area (Å²) in [6, 6.07) is 16.2. The number of hydrogen-bond donors (Lipinski definition) is 1. The molecule has 2 amide bonds. The molecule has 0 bridgehead atoms. The van der Waals surface area contributed by atoms with Gasteiger partial charge in [-0.25, -0.2) is 0 Å². The summed E-state index contributed by atoms with van der Waals surface area (Å²) in [7, 11) is 0. The van der Waals surface area contributed by atoms with Crippen LogP contribution in [0.25, 0.3) is 0 Å². The standard InChI is InChI=1S/C27H36N2O2S/c1-20-10-9-12-23(16-20)17-29(22(3)27(31)28-25-14-5-4-6-15-25)26(30)19-32-18-24-13-8-7-11-21(24)2/h7-13,16,22,25H,4-6,14-15,17-19H2,1-3H3,(H,28,31). The van der Waals surface area contributed by atoms with Crippen LogP contribution in [0.5, 0.6) is 0 Å². The topological polar surface area (TPSA) is 49.4 Å². The van der Waals surface area contributed by atoms with Gasteiger partial charge in [-0.3, -0.25) is 9.59 Å². The fourth-order valence-corrected chi connectivity index (χ4v) is 5.25. The first-order chi connectivity index (χ1) is 15.4. The van der Waals surface area contributed by atoms with Gasteiger partial charge in [-0.15, -0.1) is 11.8 Å². The van der Waals surface area contributed by atoms with Crippen LogP contribution in [0.3, 0.4) is 0 Å². The molecule has 0 aliphatic heterocycles. The molecule has 0 spiro atoms. The molecule has 1 saturated carbocycles. The summed E-state index contributed by atoms with van der Waals surface area (Å²) >= 11 is 1.61. The highest BCUT2D eigenvalue weighted by Gasteiger charge is 2.28. The lowest BCUT2D eigenvalue weighted by Crippen LogP contribution is -2.50. The van der Waals surface area contributed by atoms with Crippen LogP contribution in [0.4, 0.5) is 0 Å². The zero-order valence-electron chi connectivity index (χ0n) is 19.6. The number of nitrogens with zero attached hydrogens (tertiary/aromatic N) is 1. The molecule has 1 unspecified atom stereocenters. The van der Waals surface area contributed by atoms with E-state index in [-0.39, 0.29) is 17.9 Å². The molecule has 1 atom stereocenters. The van der Waals surface area contributed by atoms with Crippen molar-refractivity contribution in [1.82, 2.24) is 10.2 Å². The van der Waals surface area contributed by atoms with E-state index in [0.29, 0.717) is 12.3 Å². The minimum atomic E-state index is -0.496. The van der Waals surface area contributed by atoms with Gasteiger partial charge in [0, 0.05) is 18.3 Å². The smallest absolute Gasteiger partial charge is 0.242 e. The van der Waals surface area contributed by atoms with Gasteiger partial charge in [0.05, 0.1) is 5.75 Å². The lowest BCUT2D eigenvalue weighted by Gasteiger charge is -2.31. The van der Waals surface area contributed by atoms with Crippen molar-refractivity contribution < 1.29 is 9.59 Å². The van der Waals surface area contributed by atoms with Crippen LogP contribution >= 0.6 is 11.8 Å². The molecule has 4 nitrogen and oxygen atoms in total. The lowest BCUT2D eigenvalue weighted by molar-refractivity contribution is -0.139. The van der Waals surface area contributed by atoms with Crippen molar-refractivity contribution in [2.75, 3.05) is 5.75 Å². The maximum atomic E-state index is 13.3. The number of thioether (sulfide) groups is 1. The predicted molar refractivity (Wildman–Crippen MR) is 134 cm³/mol. The average Bonchev–Trinajstić information content (AvgIpc) is 2.79. The number of carbonyl (C=O) groups excluding carboxylic acids is 2. The van der Waals surface area contributed by atoms with Gasteiger partial charge in [-0.05, 0) is 50.3 Å². The maximum absolute atomic E-state index is 13.3. The Morgan fingerprint density at radius 3 is 2.53 bits per heavy atom. The summed E-state index contributed by atoms with van der Waals surface area (Å²) in [5.41, 5.74) is 4.70. The number of aryl methyl sites for hydroxylation is 2. The van der Waals surface area contributed by atoms with E-state index >= 15 is 0 Å². The predicted octanol–water partition coefficient (Wildman–Crippen LogP) is 5.40. The zero-order chi connectivity index (χ0) is 22.9. The quantitative estimate of drug-likeness (QED) is 0.554. The van der Waals surface area contributed by atoms with Crippen LogP contribution < -0.4 is 5.32 Å². The van der Waals surface area contributed by atoms with E-state index in [1.165, 1.54) is 30.4 Å². The summed E-state index contributed by atoms with van der Waals surface area (Å²) < 4.78 is 0. The normalized spacial score (nSPS) is 15.2. The van der Waals surface area contributed by atoms with Crippen LogP contribution in [-0.4, -0.2) is 34.6 Å². The third-order valence-electron chi connectivity index (χ3n) is 6.30. The maximum Gasteiger partial charge on any atom is 0.242 e. The second-order valence-electron chi connectivity index (χ2n) is 8.95. The second kappa shape index (κ2) is 12.1. The zero-order valence-corrected chi connectivity index (χ0v) is 20.4. The minimum Gasteiger partial charge on any atom is -0.352 e. The molecule has 1 N–H and O–H groups in total. The van der Waals surface area contributed by atoms with Crippen molar-refractivity contribution in [1.29, 1.82) is 0 Å². The fourth-order valence-electron chi connectivity index (χ4n) is 4.26. The van der Waals surface area contributed by atoms with Gasteiger partial charge in [0.15, 0.2) is 0 Å². The summed E-state index contributed by atoms with van der Waals surface area (Å²) in [4.78, 5) is 28.1. The van der Waals surface area contributed by atoms with Crippen molar-refractivity contribution in [2.45, 2.75) is 77.3 Å². The van der Waals surface area contributed by atoms with Gasteiger partial charge in [0.1, 0.15) is 6.04 Å². The van der Waals surface area contributed by atoms with Gasteiger partial charge < -0.3 is 10.2 Å². The van der Waals surface area contributed by atoms with Crippen molar-refractivity contribution in [3.05, 3.63) is 70.8 Å². The molecule has 32 heavy (non-hydrogen) atoms. The van der Waals surface area contributed by atoms with E-state index in [1.54, 1.807) is 16.7 Å². The van der Waals surface area contributed by atoms with Crippen LogP contribution in [0.15, 0.2) is 48.5 Å². The molecule has 5 heteroatoms. The van der Waals surface area contributed by atoms with E-state index < -0.39 is 6.04 Å². The van der Waals surface area contributed by atoms with Gasteiger partial charge in [-0.1, -0.05) is 73.4 Å². The highest BCUT2D eigenvalue weighted by Crippen LogP contribution is 2.20. The molecule has 0 saturated heterocycles. The molecular formula is C27H36N2O2S. The minimum absolute atomic E-state index is 0.0105. The first-order valence-corrected chi connectivity index (χ1v) is 12.9. The van der Waals surface area contributed by atoms with Gasteiger partial charge in [0.25, 0.3) is 0 Å². The molecule has 0 heterocycles. The van der Waals surface area contributed by atoms with Crippen molar-refractivity contribution in [2.24, 2.45) is 0 Å². The van der Waals surface area contributed by atoms with E-state index in [0.717, 1.165) is 29.7 Å². The molecule has 1 aliphatic rings. The molecule has 2 aromatic carbocycles. The number of benzene rings is 2. The first-order valence-electron chi connectivity index (χ1n) is 11.7. The largest absolute Gasteiger partial charge is 0.352 e. The number of nitrogens with one attached hydrogen (secondary N) is 1. The van der Waals surface area contributed by atoms with Crippen LogP contribution in [0.1, 0.15) is 61.3 Å². The molecule has 0 radical (unpaired) electrons. The van der Waals surface area contributed by atoms with Crippen molar-refractivity contribution >= 4 is 23.6 Å². The lowest BCUT2D eigenvalue weighted by atomic mass is 9.95. The van der Waals surface area contributed by atoms with Gasteiger partial charge in [0.2, 0.25) is 11.8 Å². The second-order valence-corrected chi connectivity index (χ2v) is 9.94. The Hall–Kier alpha value is -2.27. The number of carbonyl (C=O) groups is 2. The third kappa shape index (κ3) is 7.13. The summed E-state index contributed by atoms with van der Waals surface area (Å²) in [6.45, 7) is 6.45. The Labute approximate surface area is 197 Å². The number of rotatable bonds is 9. The molecule has 2 aromatic rings. The van der Waals surface area contributed by atoms with E-state index in [9.17, 15) is 9.59 Å². The Balaban J connectivity index is 1.66. The number of hydrogen-bond acceptors (Lipinski definition) is 3. The molecule has 1 aliphatic carbocycles. The van der Waals surface area contributed by atoms with Gasteiger partial charge >= 0.3 is 0 Å². The monoisotopic (exact) mass is 452 g/mol. The SMILES string of the molecule is Cc1cccc(CN(C(=O)CSCc2ccccc2C)C(C)C(=O)NC2CCCCC2)c1. The summed E-state index contributed by atoms with van der Waals surface area (Å²) in [6.07, 6.45) is 5.66. The Morgan fingerprint density at radius 2 is 1.81 bits per heavy atom. The van der Waals surface area contributed by atoms with Crippen molar-refractivity contribution in [3.63, 3.8) is 0 Å². The summed E-state index contributed by atoms with van der Waals surface area (Å²) in [5, 5.41) is 3.20. The summed E-state index contributed by atoms with van der Waals surface area (Å²) in [5.74, 6) is 1.12. The van der Waals surface area contributed by atoms with E-state index in [1.807, 2.05) is 44.2 Å². The Bertz CT molecular complexity index is 908. The third-order valence-corrected chi connectivity index (χ3v) is 7.26. The van der Waals surface area contributed by atoms with E-state index in [4.69, 9.17) is 0 Å². The van der Waals surface area contributed by atoms with Crippen LogP contribution in [0.2, 0.25) is 0 Å². The highest BCUT2D eigenvalue weighted by atomic mass is 32.2. The Kier molecular flexibility index (Phi) is 9.22. The molecular weight excluding hydrogens is 416 g/mol. The average molecular weight is 453 g/mol. The molecule has 172 valence electrons.